The molecular weight excluding hydrogens is 309 g/mol. The van der Waals surface area contributed by atoms with Crippen molar-refractivity contribution in [2.45, 2.75) is 13.0 Å². The summed E-state index contributed by atoms with van der Waals surface area (Å²) >= 11 is 11.8. The van der Waals surface area contributed by atoms with Crippen molar-refractivity contribution in [3.8, 4) is 5.75 Å². The molecule has 0 unspecified atom stereocenters. The predicted molar refractivity (Wildman–Crippen MR) is 76.7 cm³/mol. The van der Waals surface area contributed by atoms with E-state index in [9.17, 15) is 13.5 Å². The molecular formula is C12H15Cl2NO3S. The van der Waals surface area contributed by atoms with Crippen LogP contribution < -0.4 is 0 Å². The van der Waals surface area contributed by atoms with Crippen LogP contribution in [0.5, 0.6) is 5.75 Å². The summed E-state index contributed by atoms with van der Waals surface area (Å²) in [7, 11) is -2.93. The van der Waals surface area contributed by atoms with Gasteiger partial charge in [0.2, 0.25) is 0 Å². The molecule has 1 aromatic carbocycles. The van der Waals surface area contributed by atoms with Gasteiger partial charge in [-0.15, -0.1) is 0 Å². The highest BCUT2D eigenvalue weighted by molar-refractivity contribution is 7.91. The first-order valence-electron chi connectivity index (χ1n) is 5.97. The minimum atomic E-state index is -2.93. The van der Waals surface area contributed by atoms with Gasteiger partial charge in [-0.1, -0.05) is 23.2 Å². The standard InChI is InChI=1S/C12H15Cl2NO3S/c13-10-6-9(12(16)11(14)7-10)8-15-2-1-4-19(17,18)5-3-15/h6-7,16H,1-5,8H2. The average Bonchev–Trinajstić information content (AvgIpc) is 2.47. The molecule has 1 heterocycles. The fourth-order valence-corrected chi connectivity index (χ4v) is 3.97. The van der Waals surface area contributed by atoms with E-state index in [1.165, 1.54) is 6.07 Å². The second-order valence-electron chi connectivity index (χ2n) is 4.68. The van der Waals surface area contributed by atoms with E-state index in [2.05, 4.69) is 0 Å². The maximum absolute atomic E-state index is 11.5. The van der Waals surface area contributed by atoms with Crippen LogP contribution in [-0.2, 0) is 16.4 Å². The number of hydrogen-bond donors (Lipinski definition) is 1. The first kappa shape index (κ1) is 14.9. The van der Waals surface area contributed by atoms with Gasteiger partial charge in [0, 0.05) is 23.7 Å². The van der Waals surface area contributed by atoms with Gasteiger partial charge in [-0.2, -0.15) is 0 Å². The van der Waals surface area contributed by atoms with Gasteiger partial charge in [0.15, 0.2) is 9.84 Å². The lowest BCUT2D eigenvalue weighted by atomic mass is 10.2. The van der Waals surface area contributed by atoms with E-state index >= 15 is 0 Å². The zero-order valence-electron chi connectivity index (χ0n) is 10.3. The molecule has 4 nitrogen and oxygen atoms in total. The highest BCUT2D eigenvalue weighted by Gasteiger charge is 2.20. The average molecular weight is 324 g/mol. The topological polar surface area (TPSA) is 57.6 Å². The number of rotatable bonds is 2. The molecule has 1 aliphatic heterocycles. The normalized spacial score (nSPS) is 20.1. The maximum atomic E-state index is 11.5. The largest absolute Gasteiger partial charge is 0.506 e. The van der Waals surface area contributed by atoms with Crippen LogP contribution in [0.25, 0.3) is 0 Å². The first-order valence-corrected chi connectivity index (χ1v) is 8.55. The van der Waals surface area contributed by atoms with Gasteiger partial charge in [0.1, 0.15) is 5.75 Å². The molecule has 1 aliphatic rings. The van der Waals surface area contributed by atoms with Crippen molar-refractivity contribution in [1.29, 1.82) is 0 Å². The number of phenols is 1. The lowest BCUT2D eigenvalue weighted by molar-refractivity contribution is 0.282. The Morgan fingerprint density at radius 2 is 1.95 bits per heavy atom. The molecule has 1 N–H and O–H groups in total. The molecule has 0 bridgehead atoms. The molecule has 0 amide bonds. The van der Waals surface area contributed by atoms with Crippen LogP contribution >= 0.6 is 23.2 Å². The molecule has 0 saturated carbocycles. The van der Waals surface area contributed by atoms with E-state index in [-0.39, 0.29) is 22.3 Å². The molecule has 0 atom stereocenters. The zero-order valence-corrected chi connectivity index (χ0v) is 12.6. The summed E-state index contributed by atoms with van der Waals surface area (Å²) in [5.41, 5.74) is 0.622. The predicted octanol–water partition coefficient (Wildman–Crippen LogP) is 2.32. The van der Waals surface area contributed by atoms with Crippen LogP contribution in [0, 0.1) is 0 Å². The van der Waals surface area contributed by atoms with Crippen molar-refractivity contribution in [3.63, 3.8) is 0 Å². The number of nitrogens with zero attached hydrogens (tertiary/aromatic N) is 1. The molecule has 2 rings (SSSR count). The van der Waals surface area contributed by atoms with Gasteiger partial charge in [-0.3, -0.25) is 4.90 Å². The summed E-state index contributed by atoms with van der Waals surface area (Å²) < 4.78 is 23.1. The van der Waals surface area contributed by atoms with Crippen LogP contribution in [0.2, 0.25) is 10.0 Å². The Morgan fingerprint density at radius 3 is 2.68 bits per heavy atom. The highest BCUT2D eigenvalue weighted by Crippen LogP contribution is 2.32. The van der Waals surface area contributed by atoms with E-state index in [4.69, 9.17) is 23.2 Å². The Hall–Kier alpha value is -0.490. The smallest absolute Gasteiger partial charge is 0.151 e. The lowest BCUT2D eigenvalue weighted by Gasteiger charge is -2.20. The van der Waals surface area contributed by atoms with Crippen LogP contribution in [0.1, 0.15) is 12.0 Å². The molecule has 19 heavy (non-hydrogen) atoms. The Bertz CT molecular complexity index is 575. The Labute approximate surface area is 122 Å². The summed E-state index contributed by atoms with van der Waals surface area (Å²) in [6.07, 6.45) is 0.609. The van der Waals surface area contributed by atoms with E-state index in [0.717, 1.165) is 0 Å². The highest BCUT2D eigenvalue weighted by atomic mass is 35.5. The lowest BCUT2D eigenvalue weighted by Crippen LogP contribution is -2.26. The second kappa shape index (κ2) is 5.87. The molecule has 0 radical (unpaired) electrons. The second-order valence-corrected chi connectivity index (χ2v) is 7.82. The third-order valence-electron chi connectivity index (χ3n) is 3.15. The van der Waals surface area contributed by atoms with Crippen molar-refractivity contribution < 1.29 is 13.5 Å². The van der Waals surface area contributed by atoms with E-state index in [1.54, 1.807) is 6.07 Å². The van der Waals surface area contributed by atoms with Crippen molar-refractivity contribution in [3.05, 3.63) is 27.7 Å². The van der Waals surface area contributed by atoms with Gasteiger partial charge in [-0.25, -0.2) is 8.42 Å². The molecule has 1 fully saturated rings. The zero-order chi connectivity index (χ0) is 14.0. The number of aromatic hydroxyl groups is 1. The summed E-state index contributed by atoms with van der Waals surface area (Å²) in [5.74, 6) is 0.395. The van der Waals surface area contributed by atoms with Crippen molar-refractivity contribution in [1.82, 2.24) is 4.90 Å². The fraction of sp³-hybridized carbons (Fsp3) is 0.500. The monoisotopic (exact) mass is 323 g/mol. The molecule has 0 aliphatic carbocycles. The van der Waals surface area contributed by atoms with Gasteiger partial charge in [-0.05, 0) is 25.1 Å². The quantitative estimate of drug-likeness (QED) is 0.907. The van der Waals surface area contributed by atoms with Crippen molar-refractivity contribution >= 4 is 33.0 Å². The van der Waals surface area contributed by atoms with Crippen LogP contribution in [-0.4, -0.2) is 43.0 Å². The van der Waals surface area contributed by atoms with Crippen molar-refractivity contribution in [2.75, 3.05) is 24.6 Å². The summed E-state index contributed by atoms with van der Waals surface area (Å²) in [4.78, 5) is 1.99. The Morgan fingerprint density at radius 1 is 1.21 bits per heavy atom. The summed E-state index contributed by atoms with van der Waals surface area (Å²) in [6, 6.07) is 3.14. The Balaban J connectivity index is 2.13. The van der Waals surface area contributed by atoms with Crippen molar-refractivity contribution in [2.24, 2.45) is 0 Å². The molecule has 7 heteroatoms. The number of halogens is 2. The number of hydrogen-bond acceptors (Lipinski definition) is 4. The minimum absolute atomic E-state index is 0.0122. The van der Waals surface area contributed by atoms with Crippen LogP contribution in [0.15, 0.2) is 12.1 Å². The molecule has 106 valence electrons. The van der Waals surface area contributed by atoms with Gasteiger partial charge in [0.25, 0.3) is 0 Å². The molecule has 0 aromatic heterocycles. The van der Waals surface area contributed by atoms with Crippen LogP contribution in [0.4, 0.5) is 0 Å². The maximum Gasteiger partial charge on any atom is 0.151 e. The SMILES string of the molecule is O=S1(=O)CCCN(Cc2cc(Cl)cc(Cl)c2O)CC1. The van der Waals surface area contributed by atoms with Gasteiger partial charge >= 0.3 is 0 Å². The molecule has 1 aromatic rings. The number of benzene rings is 1. The third kappa shape index (κ3) is 3.99. The van der Waals surface area contributed by atoms with Gasteiger partial charge < -0.3 is 5.11 Å². The minimum Gasteiger partial charge on any atom is -0.506 e. The third-order valence-corrected chi connectivity index (χ3v) is 5.37. The number of sulfone groups is 1. The molecule has 1 saturated heterocycles. The number of phenolic OH excluding ortho intramolecular Hbond substituents is 1. The Kier molecular flexibility index (Phi) is 4.61. The first-order chi connectivity index (χ1) is 8.87. The van der Waals surface area contributed by atoms with E-state index in [1.807, 2.05) is 4.90 Å². The van der Waals surface area contributed by atoms with Crippen LogP contribution in [0.3, 0.4) is 0 Å². The summed E-state index contributed by atoms with van der Waals surface area (Å²) in [5, 5.41) is 10.6. The van der Waals surface area contributed by atoms with Gasteiger partial charge in [0.05, 0.1) is 16.5 Å². The van der Waals surface area contributed by atoms with E-state index in [0.29, 0.717) is 36.6 Å². The summed E-state index contributed by atoms with van der Waals surface area (Å²) in [6.45, 7) is 1.59. The fourth-order valence-electron chi connectivity index (χ4n) is 2.13. The van der Waals surface area contributed by atoms with E-state index < -0.39 is 9.84 Å². The molecule has 0 spiro atoms.